The number of ether oxygens (including phenoxy) is 1. The van der Waals surface area contributed by atoms with Gasteiger partial charge in [0.1, 0.15) is 11.5 Å². The van der Waals surface area contributed by atoms with Gasteiger partial charge in [-0.2, -0.15) is 0 Å². The second kappa shape index (κ2) is 6.96. The van der Waals surface area contributed by atoms with Crippen LogP contribution in [0, 0.1) is 0 Å². The van der Waals surface area contributed by atoms with Gasteiger partial charge in [0.2, 0.25) is 5.91 Å². The smallest absolute Gasteiger partial charge is 0.244 e. The van der Waals surface area contributed by atoms with E-state index in [0.717, 1.165) is 11.3 Å². The van der Waals surface area contributed by atoms with Gasteiger partial charge in [-0.05, 0) is 51.8 Å². The van der Waals surface area contributed by atoms with Crippen LogP contribution in [0.5, 0.6) is 5.75 Å². The second-order valence-electron chi connectivity index (χ2n) is 4.04. The normalized spacial score (nSPS) is 10.7. The third-order valence-corrected chi connectivity index (χ3v) is 3.02. The van der Waals surface area contributed by atoms with Crippen LogP contribution >= 0.6 is 15.9 Å². The van der Waals surface area contributed by atoms with E-state index in [4.69, 9.17) is 9.15 Å². The van der Waals surface area contributed by atoms with Crippen LogP contribution in [0.15, 0.2) is 51.6 Å². The van der Waals surface area contributed by atoms with Crippen LogP contribution in [-0.2, 0) is 11.3 Å². The first-order chi connectivity index (χ1) is 9.67. The molecular formula is C15H14BrNO3. The third kappa shape index (κ3) is 4.28. The monoisotopic (exact) mass is 335 g/mol. The van der Waals surface area contributed by atoms with E-state index in [1.54, 1.807) is 25.3 Å². The molecule has 1 amide bonds. The SMILES string of the molecule is COc1cccc(CNC(=O)/C=C/c2ccc(Br)o2)c1. The van der Waals surface area contributed by atoms with E-state index >= 15 is 0 Å². The first kappa shape index (κ1) is 14.4. The van der Waals surface area contributed by atoms with Gasteiger partial charge in [-0.15, -0.1) is 0 Å². The second-order valence-corrected chi connectivity index (χ2v) is 4.83. The molecule has 2 aromatic rings. The Hall–Kier alpha value is -2.01. The number of carbonyl (C=O) groups excluding carboxylic acids is 1. The van der Waals surface area contributed by atoms with Crippen molar-refractivity contribution in [3.8, 4) is 5.75 Å². The van der Waals surface area contributed by atoms with Gasteiger partial charge in [-0.3, -0.25) is 4.79 Å². The average molecular weight is 336 g/mol. The van der Waals surface area contributed by atoms with Crippen molar-refractivity contribution < 1.29 is 13.9 Å². The van der Waals surface area contributed by atoms with E-state index in [2.05, 4.69) is 21.2 Å². The molecule has 1 N–H and O–H groups in total. The molecule has 2 rings (SSSR count). The van der Waals surface area contributed by atoms with Gasteiger partial charge in [-0.1, -0.05) is 12.1 Å². The predicted octanol–water partition coefficient (Wildman–Crippen LogP) is 3.38. The van der Waals surface area contributed by atoms with Crippen LogP contribution in [-0.4, -0.2) is 13.0 Å². The Kier molecular flexibility index (Phi) is 5.01. The number of benzene rings is 1. The molecule has 0 atom stereocenters. The highest BCUT2D eigenvalue weighted by Gasteiger charge is 2.00. The van der Waals surface area contributed by atoms with Gasteiger partial charge in [0.15, 0.2) is 4.67 Å². The van der Waals surface area contributed by atoms with Gasteiger partial charge in [0.25, 0.3) is 0 Å². The summed E-state index contributed by atoms with van der Waals surface area (Å²) >= 11 is 3.20. The molecule has 1 aromatic heterocycles. The van der Waals surface area contributed by atoms with Gasteiger partial charge in [-0.25, -0.2) is 0 Å². The fourth-order valence-electron chi connectivity index (χ4n) is 1.61. The molecule has 0 aliphatic carbocycles. The average Bonchev–Trinajstić information content (AvgIpc) is 2.89. The van der Waals surface area contributed by atoms with Crippen LogP contribution < -0.4 is 10.1 Å². The molecule has 1 aromatic carbocycles. The summed E-state index contributed by atoms with van der Waals surface area (Å²) in [5, 5.41) is 2.79. The van der Waals surface area contributed by atoms with Gasteiger partial charge in [0.05, 0.1) is 7.11 Å². The van der Waals surface area contributed by atoms with Crippen molar-refractivity contribution in [1.82, 2.24) is 5.32 Å². The van der Waals surface area contributed by atoms with Crippen molar-refractivity contribution >= 4 is 27.9 Å². The maximum absolute atomic E-state index is 11.7. The van der Waals surface area contributed by atoms with Crippen molar-refractivity contribution in [3.05, 3.63) is 58.5 Å². The molecule has 1 heterocycles. The first-order valence-corrected chi connectivity index (χ1v) is 6.81. The van der Waals surface area contributed by atoms with Gasteiger partial charge >= 0.3 is 0 Å². The maximum Gasteiger partial charge on any atom is 0.244 e. The quantitative estimate of drug-likeness (QED) is 0.852. The number of furan rings is 1. The first-order valence-electron chi connectivity index (χ1n) is 6.01. The lowest BCUT2D eigenvalue weighted by Crippen LogP contribution is -2.20. The molecule has 0 saturated carbocycles. The summed E-state index contributed by atoms with van der Waals surface area (Å²) in [6.45, 7) is 0.447. The summed E-state index contributed by atoms with van der Waals surface area (Å²) in [5.74, 6) is 1.21. The molecule has 0 aliphatic rings. The van der Waals surface area contributed by atoms with E-state index in [0.29, 0.717) is 17.0 Å². The fourth-order valence-corrected chi connectivity index (χ4v) is 1.93. The van der Waals surface area contributed by atoms with Crippen LogP contribution in [0.25, 0.3) is 6.08 Å². The standard InChI is InChI=1S/C15H14BrNO3/c1-19-13-4-2-3-11(9-13)10-17-15(18)8-6-12-5-7-14(16)20-12/h2-9H,10H2,1H3,(H,17,18)/b8-6+. The molecule has 0 radical (unpaired) electrons. The summed E-state index contributed by atoms with van der Waals surface area (Å²) in [6.07, 6.45) is 3.05. The summed E-state index contributed by atoms with van der Waals surface area (Å²) in [5.41, 5.74) is 0.979. The van der Waals surface area contributed by atoms with E-state index < -0.39 is 0 Å². The zero-order chi connectivity index (χ0) is 14.4. The van der Waals surface area contributed by atoms with Crippen molar-refractivity contribution in [2.45, 2.75) is 6.54 Å². The number of amides is 1. The molecule has 0 unspecified atom stereocenters. The number of hydrogen-bond acceptors (Lipinski definition) is 3. The number of methoxy groups -OCH3 is 1. The number of rotatable bonds is 5. The van der Waals surface area contributed by atoms with Crippen molar-refractivity contribution in [1.29, 1.82) is 0 Å². The molecule has 5 heteroatoms. The number of nitrogens with one attached hydrogen (secondary N) is 1. The van der Waals surface area contributed by atoms with Gasteiger partial charge < -0.3 is 14.5 Å². The summed E-state index contributed by atoms with van der Waals surface area (Å²) < 4.78 is 11.0. The Bertz CT molecular complexity index is 619. The zero-order valence-corrected chi connectivity index (χ0v) is 12.5. The molecule has 0 aliphatic heterocycles. The highest BCUT2D eigenvalue weighted by molar-refractivity contribution is 9.10. The topological polar surface area (TPSA) is 51.5 Å². The summed E-state index contributed by atoms with van der Waals surface area (Å²) in [6, 6.07) is 11.1. The molecule has 0 spiro atoms. The molecular weight excluding hydrogens is 322 g/mol. The Balaban J connectivity index is 1.87. The van der Waals surface area contributed by atoms with Crippen molar-refractivity contribution in [2.24, 2.45) is 0 Å². The summed E-state index contributed by atoms with van der Waals surface area (Å²) in [4.78, 5) is 11.7. The van der Waals surface area contributed by atoms with Crippen molar-refractivity contribution in [2.75, 3.05) is 7.11 Å². The molecule has 104 valence electrons. The largest absolute Gasteiger partial charge is 0.497 e. The maximum atomic E-state index is 11.7. The van der Waals surface area contributed by atoms with Crippen molar-refractivity contribution in [3.63, 3.8) is 0 Å². The van der Waals surface area contributed by atoms with Crippen LogP contribution in [0.2, 0.25) is 0 Å². The van der Waals surface area contributed by atoms with E-state index in [1.807, 2.05) is 24.3 Å². The lowest BCUT2D eigenvalue weighted by Gasteiger charge is -2.04. The third-order valence-electron chi connectivity index (χ3n) is 2.59. The Morgan fingerprint density at radius 1 is 1.40 bits per heavy atom. The molecule has 0 saturated heterocycles. The van der Waals surface area contributed by atoms with E-state index in [1.165, 1.54) is 6.08 Å². The van der Waals surface area contributed by atoms with Crippen LogP contribution in [0.1, 0.15) is 11.3 Å². The van der Waals surface area contributed by atoms with Crippen LogP contribution in [0.3, 0.4) is 0 Å². The highest BCUT2D eigenvalue weighted by atomic mass is 79.9. The number of hydrogen-bond donors (Lipinski definition) is 1. The van der Waals surface area contributed by atoms with Crippen LogP contribution in [0.4, 0.5) is 0 Å². The lowest BCUT2D eigenvalue weighted by atomic mass is 10.2. The molecule has 4 nitrogen and oxygen atoms in total. The Morgan fingerprint density at radius 2 is 2.25 bits per heavy atom. The Labute approximate surface area is 125 Å². The minimum atomic E-state index is -0.180. The number of halogens is 1. The minimum absolute atomic E-state index is 0.180. The predicted molar refractivity (Wildman–Crippen MR) is 80.3 cm³/mol. The minimum Gasteiger partial charge on any atom is -0.497 e. The van der Waals surface area contributed by atoms with E-state index in [-0.39, 0.29) is 5.91 Å². The van der Waals surface area contributed by atoms with Gasteiger partial charge in [0, 0.05) is 12.6 Å². The number of carbonyl (C=O) groups is 1. The molecule has 0 bridgehead atoms. The highest BCUT2D eigenvalue weighted by Crippen LogP contribution is 2.15. The molecule has 20 heavy (non-hydrogen) atoms. The molecule has 0 fully saturated rings. The van der Waals surface area contributed by atoms with E-state index in [9.17, 15) is 4.79 Å². The lowest BCUT2D eigenvalue weighted by molar-refractivity contribution is -0.116. The zero-order valence-electron chi connectivity index (χ0n) is 10.9. The Morgan fingerprint density at radius 3 is 2.95 bits per heavy atom. The fraction of sp³-hybridized carbons (Fsp3) is 0.133. The summed E-state index contributed by atoms with van der Waals surface area (Å²) in [7, 11) is 1.61.